The van der Waals surface area contributed by atoms with Gasteiger partial charge >= 0.3 is 6.09 Å². The number of nitrogens with one attached hydrogen (secondary N) is 2. The highest BCUT2D eigenvalue weighted by Gasteiger charge is 2.26. The Kier molecular flexibility index (Phi) is 5.63. The minimum Gasteiger partial charge on any atom is -0.444 e. The summed E-state index contributed by atoms with van der Waals surface area (Å²) >= 11 is 0. The molecule has 2 amide bonds. The maximum absolute atomic E-state index is 11.6. The Morgan fingerprint density at radius 1 is 1.21 bits per heavy atom. The van der Waals surface area contributed by atoms with Crippen LogP contribution in [0.1, 0.15) is 53.4 Å². The molecule has 0 aliphatic heterocycles. The lowest BCUT2D eigenvalue weighted by Crippen LogP contribution is -2.46. The summed E-state index contributed by atoms with van der Waals surface area (Å²) in [6.45, 7) is 7.61. The van der Waals surface area contributed by atoms with Crippen molar-refractivity contribution in [1.82, 2.24) is 10.6 Å². The van der Waals surface area contributed by atoms with E-state index in [2.05, 4.69) is 10.6 Å². The van der Waals surface area contributed by atoms with Crippen LogP contribution in [0.15, 0.2) is 0 Å². The fourth-order valence-electron chi connectivity index (χ4n) is 2.43. The highest BCUT2D eigenvalue weighted by Crippen LogP contribution is 2.24. The van der Waals surface area contributed by atoms with Crippen LogP contribution in [-0.4, -0.2) is 30.2 Å². The van der Waals surface area contributed by atoms with Crippen molar-refractivity contribution in [2.24, 2.45) is 5.92 Å². The van der Waals surface area contributed by atoms with Crippen molar-refractivity contribution >= 4 is 12.0 Å². The molecule has 5 nitrogen and oxygen atoms in total. The Morgan fingerprint density at radius 2 is 1.84 bits per heavy atom. The molecule has 5 heteroatoms. The van der Waals surface area contributed by atoms with Crippen LogP contribution in [0.3, 0.4) is 0 Å². The van der Waals surface area contributed by atoms with Crippen LogP contribution in [0.5, 0.6) is 0 Å². The number of carbonyl (C=O) groups excluding carboxylic acids is 2. The SMILES string of the molecule is CC(=O)N[C@H]1CCCC[C@@H]1CNC(=O)OC(C)(C)C. The Labute approximate surface area is 115 Å². The van der Waals surface area contributed by atoms with Crippen molar-refractivity contribution in [3.63, 3.8) is 0 Å². The van der Waals surface area contributed by atoms with Crippen molar-refractivity contribution in [2.45, 2.75) is 65.0 Å². The minimum absolute atomic E-state index is 0.00540. The maximum atomic E-state index is 11.6. The van der Waals surface area contributed by atoms with E-state index in [1.54, 1.807) is 0 Å². The summed E-state index contributed by atoms with van der Waals surface area (Å²) in [6.07, 6.45) is 3.91. The van der Waals surface area contributed by atoms with Gasteiger partial charge in [-0.05, 0) is 39.5 Å². The average molecular weight is 270 g/mol. The summed E-state index contributed by atoms with van der Waals surface area (Å²) in [6, 6.07) is 0.168. The summed E-state index contributed by atoms with van der Waals surface area (Å²) in [4.78, 5) is 22.8. The fraction of sp³-hybridized carbons (Fsp3) is 0.857. The van der Waals surface area contributed by atoms with Gasteiger partial charge in [0.05, 0.1) is 0 Å². The van der Waals surface area contributed by atoms with E-state index in [4.69, 9.17) is 4.74 Å². The van der Waals surface area contributed by atoms with Gasteiger partial charge in [0.15, 0.2) is 0 Å². The van der Waals surface area contributed by atoms with Crippen molar-refractivity contribution in [2.75, 3.05) is 6.54 Å². The van der Waals surface area contributed by atoms with Gasteiger partial charge in [-0.25, -0.2) is 4.79 Å². The quantitative estimate of drug-likeness (QED) is 0.826. The van der Waals surface area contributed by atoms with Crippen LogP contribution in [-0.2, 0) is 9.53 Å². The largest absolute Gasteiger partial charge is 0.444 e. The second-order valence-electron chi connectivity index (χ2n) is 6.23. The summed E-state index contributed by atoms with van der Waals surface area (Å²) < 4.78 is 5.21. The Morgan fingerprint density at radius 3 is 2.42 bits per heavy atom. The zero-order chi connectivity index (χ0) is 14.5. The first-order valence-corrected chi connectivity index (χ1v) is 7.02. The normalized spacial score (nSPS) is 23.6. The summed E-state index contributed by atoms with van der Waals surface area (Å²) in [7, 11) is 0. The Balaban J connectivity index is 2.40. The van der Waals surface area contributed by atoms with E-state index < -0.39 is 5.60 Å². The van der Waals surface area contributed by atoms with Gasteiger partial charge in [0.25, 0.3) is 0 Å². The first-order valence-electron chi connectivity index (χ1n) is 7.02. The second kappa shape index (κ2) is 6.78. The van der Waals surface area contributed by atoms with Crippen LogP contribution >= 0.6 is 0 Å². The lowest BCUT2D eigenvalue weighted by molar-refractivity contribution is -0.120. The van der Waals surface area contributed by atoms with Crippen molar-refractivity contribution in [3.8, 4) is 0 Å². The lowest BCUT2D eigenvalue weighted by Gasteiger charge is -2.32. The first kappa shape index (κ1) is 15.8. The third-order valence-corrected chi connectivity index (χ3v) is 3.21. The molecule has 0 aromatic heterocycles. The Bertz CT molecular complexity index is 323. The summed E-state index contributed by atoms with van der Waals surface area (Å²) in [5.74, 6) is 0.291. The van der Waals surface area contributed by atoms with E-state index in [0.717, 1.165) is 25.7 Å². The third kappa shape index (κ3) is 6.45. The fourth-order valence-corrected chi connectivity index (χ4v) is 2.43. The molecule has 2 atom stereocenters. The van der Waals surface area contributed by atoms with Crippen molar-refractivity contribution in [1.29, 1.82) is 0 Å². The molecular weight excluding hydrogens is 244 g/mol. The monoisotopic (exact) mass is 270 g/mol. The molecule has 0 radical (unpaired) electrons. The molecule has 110 valence electrons. The number of rotatable bonds is 3. The molecule has 2 N–H and O–H groups in total. The number of alkyl carbamates (subject to hydrolysis) is 1. The van der Waals surface area contributed by atoms with Crippen LogP contribution in [0.2, 0.25) is 0 Å². The molecular formula is C14H26N2O3. The molecule has 0 bridgehead atoms. The lowest BCUT2D eigenvalue weighted by atomic mass is 9.84. The molecule has 1 saturated carbocycles. The predicted molar refractivity (Wildman–Crippen MR) is 73.8 cm³/mol. The molecule has 0 saturated heterocycles. The van der Waals surface area contributed by atoms with Crippen molar-refractivity contribution in [3.05, 3.63) is 0 Å². The van der Waals surface area contributed by atoms with Gasteiger partial charge in [-0.3, -0.25) is 4.79 Å². The maximum Gasteiger partial charge on any atom is 0.407 e. The van der Waals surface area contributed by atoms with Gasteiger partial charge in [-0.15, -0.1) is 0 Å². The van der Waals surface area contributed by atoms with E-state index in [1.165, 1.54) is 6.92 Å². The van der Waals surface area contributed by atoms with Gasteiger partial charge in [0.2, 0.25) is 5.91 Å². The number of amides is 2. The van der Waals surface area contributed by atoms with Crippen molar-refractivity contribution < 1.29 is 14.3 Å². The highest BCUT2D eigenvalue weighted by atomic mass is 16.6. The van der Waals surface area contributed by atoms with Gasteiger partial charge in [0, 0.05) is 19.5 Å². The second-order valence-corrected chi connectivity index (χ2v) is 6.23. The number of ether oxygens (including phenoxy) is 1. The zero-order valence-corrected chi connectivity index (χ0v) is 12.4. The molecule has 1 aliphatic rings. The molecule has 1 aliphatic carbocycles. The van der Waals surface area contributed by atoms with Crippen LogP contribution < -0.4 is 10.6 Å². The van der Waals surface area contributed by atoms with Crippen LogP contribution in [0.4, 0.5) is 4.79 Å². The molecule has 1 rings (SSSR count). The molecule has 1 fully saturated rings. The minimum atomic E-state index is -0.478. The molecule has 0 unspecified atom stereocenters. The zero-order valence-electron chi connectivity index (χ0n) is 12.4. The van der Waals surface area contributed by atoms with Gasteiger partial charge in [0.1, 0.15) is 5.60 Å². The summed E-state index contributed by atoms with van der Waals surface area (Å²) in [5.41, 5.74) is -0.478. The van der Waals surface area contributed by atoms with Crippen LogP contribution in [0, 0.1) is 5.92 Å². The average Bonchev–Trinajstić information content (AvgIpc) is 2.24. The molecule has 0 heterocycles. The number of hydrogen-bond donors (Lipinski definition) is 2. The topological polar surface area (TPSA) is 67.4 Å². The van der Waals surface area contributed by atoms with E-state index in [9.17, 15) is 9.59 Å². The molecule has 19 heavy (non-hydrogen) atoms. The standard InChI is InChI=1S/C14H26N2O3/c1-10(17)16-12-8-6-5-7-11(12)9-15-13(18)19-14(2,3)4/h11-12H,5-9H2,1-4H3,(H,15,18)(H,16,17)/t11-,12+/m1/s1. The van der Waals surface area contributed by atoms with E-state index >= 15 is 0 Å². The van der Waals surface area contributed by atoms with Gasteiger partial charge < -0.3 is 15.4 Å². The summed E-state index contributed by atoms with van der Waals surface area (Å²) in [5, 5.41) is 5.77. The molecule has 0 aromatic carbocycles. The van der Waals surface area contributed by atoms with E-state index in [0.29, 0.717) is 12.5 Å². The molecule has 0 aromatic rings. The smallest absolute Gasteiger partial charge is 0.407 e. The van der Waals surface area contributed by atoms with Gasteiger partial charge in [-0.1, -0.05) is 12.8 Å². The van der Waals surface area contributed by atoms with Gasteiger partial charge in [-0.2, -0.15) is 0 Å². The Hall–Kier alpha value is -1.26. The predicted octanol–water partition coefficient (Wildman–Crippen LogP) is 2.21. The first-order chi connectivity index (χ1) is 8.78. The third-order valence-electron chi connectivity index (χ3n) is 3.21. The highest BCUT2D eigenvalue weighted by molar-refractivity contribution is 5.73. The van der Waals surface area contributed by atoms with E-state index in [-0.39, 0.29) is 18.0 Å². The van der Waals surface area contributed by atoms with Crippen LogP contribution in [0.25, 0.3) is 0 Å². The molecule has 0 spiro atoms. The van der Waals surface area contributed by atoms with E-state index in [1.807, 2.05) is 20.8 Å². The number of carbonyl (C=O) groups is 2. The number of hydrogen-bond acceptors (Lipinski definition) is 3.